The summed E-state index contributed by atoms with van der Waals surface area (Å²) in [7, 11) is -1.25. The zero-order valence-electron chi connectivity index (χ0n) is 15.2. The third kappa shape index (κ3) is 4.28. The highest BCUT2D eigenvalue weighted by Gasteiger charge is 2.21. The molecule has 0 saturated heterocycles. The molecule has 2 aromatic carbocycles. The molecular formula is C19H18N2O6S. The van der Waals surface area contributed by atoms with E-state index in [-0.39, 0.29) is 17.1 Å². The highest BCUT2D eigenvalue weighted by atomic mass is 32.2. The molecule has 9 heteroatoms. The fourth-order valence-electron chi connectivity index (χ4n) is 2.35. The molecule has 1 aromatic heterocycles. The first-order valence-corrected chi connectivity index (χ1v) is 9.67. The van der Waals surface area contributed by atoms with Crippen molar-refractivity contribution in [1.29, 1.82) is 0 Å². The van der Waals surface area contributed by atoms with Crippen molar-refractivity contribution in [3.63, 3.8) is 0 Å². The molecule has 0 spiro atoms. The number of nitrogens with zero attached hydrogens (tertiary/aromatic N) is 2. The van der Waals surface area contributed by atoms with Gasteiger partial charge in [-0.1, -0.05) is 40.0 Å². The molecule has 0 unspecified atom stereocenters. The fourth-order valence-corrected chi connectivity index (χ4v) is 3.32. The first-order chi connectivity index (χ1) is 13.4. The predicted molar refractivity (Wildman–Crippen MR) is 99.5 cm³/mol. The quantitative estimate of drug-likeness (QED) is 0.443. The summed E-state index contributed by atoms with van der Waals surface area (Å²) in [6.45, 7) is -0.0678. The molecule has 0 bridgehead atoms. The van der Waals surface area contributed by atoms with Crippen LogP contribution in [0.4, 0.5) is 0 Å². The number of benzene rings is 2. The van der Waals surface area contributed by atoms with Gasteiger partial charge in [0, 0.05) is 18.7 Å². The number of rotatable bonds is 7. The average molecular weight is 402 g/mol. The van der Waals surface area contributed by atoms with Gasteiger partial charge in [-0.05, 0) is 24.3 Å². The van der Waals surface area contributed by atoms with Crippen LogP contribution in [0.15, 0.2) is 70.1 Å². The standard InChI is InChI=1S/C19H18N2O6S/c1-21(25-2)28(23,24)17-10-8-15(9-11-17)19(22)26-13-16-12-18(27-20-16)14-6-4-3-5-7-14/h3-12H,13H2,1-2H3. The van der Waals surface area contributed by atoms with E-state index in [1.54, 1.807) is 6.07 Å². The summed E-state index contributed by atoms with van der Waals surface area (Å²) in [6.07, 6.45) is 0. The molecule has 3 rings (SSSR count). The lowest BCUT2D eigenvalue weighted by Crippen LogP contribution is -2.25. The van der Waals surface area contributed by atoms with E-state index in [1.165, 1.54) is 38.4 Å². The van der Waals surface area contributed by atoms with Gasteiger partial charge in [0.2, 0.25) is 0 Å². The van der Waals surface area contributed by atoms with Crippen LogP contribution in [-0.2, 0) is 26.2 Å². The van der Waals surface area contributed by atoms with E-state index >= 15 is 0 Å². The first kappa shape index (κ1) is 19.7. The van der Waals surface area contributed by atoms with Gasteiger partial charge >= 0.3 is 5.97 Å². The number of carbonyl (C=O) groups excluding carboxylic acids is 1. The van der Waals surface area contributed by atoms with Crippen molar-refractivity contribution in [2.75, 3.05) is 14.2 Å². The molecule has 28 heavy (non-hydrogen) atoms. The number of ether oxygens (including phenoxy) is 1. The van der Waals surface area contributed by atoms with Crippen LogP contribution in [0.5, 0.6) is 0 Å². The van der Waals surface area contributed by atoms with Crippen LogP contribution in [0.3, 0.4) is 0 Å². The highest BCUT2D eigenvalue weighted by molar-refractivity contribution is 7.89. The predicted octanol–water partition coefficient (Wildman–Crippen LogP) is 2.88. The molecule has 0 aliphatic carbocycles. The minimum Gasteiger partial charge on any atom is -0.455 e. The van der Waals surface area contributed by atoms with Gasteiger partial charge in [-0.25, -0.2) is 13.2 Å². The Morgan fingerprint density at radius 1 is 1.11 bits per heavy atom. The SMILES string of the molecule is CON(C)S(=O)(=O)c1ccc(C(=O)OCc2cc(-c3ccccc3)on2)cc1. The molecule has 0 atom stereocenters. The highest BCUT2D eigenvalue weighted by Crippen LogP contribution is 2.20. The monoisotopic (exact) mass is 402 g/mol. The Kier molecular flexibility index (Phi) is 5.88. The van der Waals surface area contributed by atoms with Gasteiger partial charge in [-0.3, -0.25) is 4.84 Å². The van der Waals surface area contributed by atoms with Crippen molar-refractivity contribution < 1.29 is 27.3 Å². The largest absolute Gasteiger partial charge is 0.455 e. The minimum absolute atomic E-state index is 0.00240. The Balaban J connectivity index is 1.64. The topological polar surface area (TPSA) is 98.9 Å². The number of hydrogen-bond donors (Lipinski definition) is 0. The summed E-state index contributed by atoms with van der Waals surface area (Å²) in [5.41, 5.74) is 1.55. The van der Waals surface area contributed by atoms with E-state index in [1.807, 2.05) is 30.3 Å². The van der Waals surface area contributed by atoms with Gasteiger partial charge in [0.05, 0.1) is 17.6 Å². The average Bonchev–Trinajstić information content (AvgIpc) is 3.21. The van der Waals surface area contributed by atoms with Crippen LogP contribution in [0, 0.1) is 0 Å². The van der Waals surface area contributed by atoms with E-state index in [4.69, 9.17) is 14.1 Å². The molecule has 1 heterocycles. The van der Waals surface area contributed by atoms with Crippen molar-refractivity contribution in [3.05, 3.63) is 71.9 Å². The number of sulfonamides is 1. The molecule has 0 N–H and O–H groups in total. The van der Waals surface area contributed by atoms with Crippen molar-refractivity contribution in [2.45, 2.75) is 11.5 Å². The molecule has 146 valence electrons. The number of hydrogen-bond acceptors (Lipinski definition) is 7. The van der Waals surface area contributed by atoms with Crippen LogP contribution >= 0.6 is 0 Å². The lowest BCUT2D eigenvalue weighted by Gasteiger charge is -2.14. The van der Waals surface area contributed by atoms with Gasteiger partial charge in [0.25, 0.3) is 10.0 Å². The Morgan fingerprint density at radius 2 is 1.79 bits per heavy atom. The van der Waals surface area contributed by atoms with Crippen molar-refractivity contribution >= 4 is 16.0 Å². The number of hydroxylamine groups is 1. The van der Waals surface area contributed by atoms with Gasteiger partial charge in [-0.2, -0.15) is 0 Å². The summed E-state index contributed by atoms with van der Waals surface area (Å²) < 4.78 is 35.5. The lowest BCUT2D eigenvalue weighted by molar-refractivity contribution is -0.0258. The minimum atomic E-state index is -3.77. The first-order valence-electron chi connectivity index (χ1n) is 8.23. The molecule has 0 amide bonds. The third-order valence-corrected chi connectivity index (χ3v) is 5.65. The van der Waals surface area contributed by atoms with Crippen LogP contribution in [0.25, 0.3) is 11.3 Å². The number of carbonyl (C=O) groups is 1. The number of esters is 1. The smallest absolute Gasteiger partial charge is 0.338 e. The summed E-state index contributed by atoms with van der Waals surface area (Å²) in [6, 6.07) is 16.5. The third-order valence-electron chi connectivity index (χ3n) is 3.95. The molecule has 0 saturated carbocycles. The second-order valence-corrected chi connectivity index (χ2v) is 7.68. The molecule has 0 aliphatic rings. The van der Waals surface area contributed by atoms with Crippen LogP contribution < -0.4 is 0 Å². The summed E-state index contributed by atoms with van der Waals surface area (Å²) >= 11 is 0. The molecule has 0 radical (unpaired) electrons. The zero-order valence-corrected chi connectivity index (χ0v) is 16.0. The van der Waals surface area contributed by atoms with Crippen molar-refractivity contribution in [2.24, 2.45) is 0 Å². The molecular weight excluding hydrogens is 384 g/mol. The second kappa shape index (κ2) is 8.34. The van der Waals surface area contributed by atoms with E-state index < -0.39 is 16.0 Å². The Morgan fingerprint density at radius 3 is 2.43 bits per heavy atom. The maximum absolute atomic E-state index is 12.2. The lowest BCUT2D eigenvalue weighted by atomic mass is 10.2. The maximum atomic E-state index is 12.2. The second-order valence-electron chi connectivity index (χ2n) is 5.75. The fraction of sp³-hybridized carbons (Fsp3) is 0.158. The Hall–Kier alpha value is -3.01. The molecule has 3 aromatic rings. The zero-order chi connectivity index (χ0) is 20.1. The normalized spacial score (nSPS) is 11.5. The van der Waals surface area contributed by atoms with E-state index in [9.17, 15) is 13.2 Å². The Labute approximate surface area is 162 Å². The van der Waals surface area contributed by atoms with Crippen molar-refractivity contribution in [3.8, 4) is 11.3 Å². The maximum Gasteiger partial charge on any atom is 0.338 e. The van der Waals surface area contributed by atoms with Crippen molar-refractivity contribution in [1.82, 2.24) is 9.63 Å². The van der Waals surface area contributed by atoms with Crippen LogP contribution in [0.2, 0.25) is 0 Å². The molecule has 0 aliphatic heterocycles. The van der Waals surface area contributed by atoms with Gasteiger partial charge in [0.15, 0.2) is 5.76 Å². The molecule has 8 nitrogen and oxygen atoms in total. The number of aromatic nitrogens is 1. The summed E-state index contributed by atoms with van der Waals surface area (Å²) in [4.78, 5) is 16.9. The van der Waals surface area contributed by atoms with E-state index in [2.05, 4.69) is 5.16 Å². The van der Waals surface area contributed by atoms with E-state index in [0.29, 0.717) is 11.5 Å². The van der Waals surface area contributed by atoms with E-state index in [0.717, 1.165) is 10.0 Å². The van der Waals surface area contributed by atoms with Gasteiger partial charge in [0.1, 0.15) is 12.3 Å². The van der Waals surface area contributed by atoms with Gasteiger partial charge in [-0.15, -0.1) is 0 Å². The van der Waals surface area contributed by atoms with Gasteiger partial charge < -0.3 is 9.26 Å². The Bertz CT molecular complexity index is 1050. The van der Waals surface area contributed by atoms with Crippen LogP contribution in [0.1, 0.15) is 16.1 Å². The van der Waals surface area contributed by atoms with Crippen LogP contribution in [-0.4, -0.2) is 38.2 Å². The molecule has 0 fully saturated rings. The summed E-state index contributed by atoms with van der Waals surface area (Å²) in [5.74, 6) is -0.0308. The summed E-state index contributed by atoms with van der Waals surface area (Å²) in [5, 5.41) is 3.88.